The summed E-state index contributed by atoms with van der Waals surface area (Å²) in [5.41, 5.74) is 3.29. The Morgan fingerprint density at radius 1 is 1.00 bits per heavy atom. The lowest BCUT2D eigenvalue weighted by molar-refractivity contribution is 0.0695. The molecular weight excluding hydrogens is 366 g/mol. The van der Waals surface area contributed by atoms with Crippen LogP contribution in [-0.4, -0.2) is 43.2 Å². The molecule has 1 saturated heterocycles. The van der Waals surface area contributed by atoms with Crippen molar-refractivity contribution < 1.29 is 4.79 Å². The molecule has 2 aromatic heterocycles. The van der Waals surface area contributed by atoms with E-state index in [1.807, 2.05) is 70.3 Å². The standard InChI is InChI=1S/C22H21N5O2/c28-21(16-6-8-17(9-7-16)26-13-3-12-23-26)25-14-10-18(11-15-25)27-20-5-2-1-4-19(20)24-22(27)29/h1-9,12-13,18H,10-11,14-15H2,(H,24,29). The van der Waals surface area contributed by atoms with Gasteiger partial charge in [-0.2, -0.15) is 5.10 Å². The maximum absolute atomic E-state index is 12.9. The highest BCUT2D eigenvalue weighted by Gasteiger charge is 2.26. The molecular formula is C22H21N5O2. The first-order valence-corrected chi connectivity index (χ1v) is 9.79. The third-order valence-corrected chi connectivity index (χ3v) is 5.62. The first kappa shape index (κ1) is 17.5. The Labute approximate surface area is 167 Å². The van der Waals surface area contributed by atoms with Crippen molar-refractivity contribution in [2.24, 2.45) is 0 Å². The number of aromatic amines is 1. The van der Waals surface area contributed by atoms with E-state index < -0.39 is 0 Å². The molecule has 0 unspecified atom stereocenters. The van der Waals surface area contributed by atoms with Gasteiger partial charge in [0.1, 0.15) is 0 Å². The van der Waals surface area contributed by atoms with Crippen molar-refractivity contribution in [3.05, 3.63) is 83.0 Å². The second kappa shape index (κ2) is 7.09. The molecule has 1 aliphatic rings. The summed E-state index contributed by atoms with van der Waals surface area (Å²) in [7, 11) is 0. The number of likely N-dealkylation sites (tertiary alicyclic amines) is 1. The average Bonchev–Trinajstić information content (AvgIpc) is 3.41. The maximum Gasteiger partial charge on any atom is 0.326 e. The largest absolute Gasteiger partial charge is 0.338 e. The quantitative estimate of drug-likeness (QED) is 0.587. The highest BCUT2D eigenvalue weighted by molar-refractivity contribution is 5.94. The van der Waals surface area contributed by atoms with E-state index in [1.54, 1.807) is 10.9 Å². The van der Waals surface area contributed by atoms with Crippen molar-refractivity contribution in [3.63, 3.8) is 0 Å². The van der Waals surface area contributed by atoms with E-state index in [-0.39, 0.29) is 17.6 Å². The third kappa shape index (κ3) is 3.14. The van der Waals surface area contributed by atoms with E-state index in [9.17, 15) is 9.59 Å². The minimum absolute atomic E-state index is 0.0294. The summed E-state index contributed by atoms with van der Waals surface area (Å²) in [6.07, 6.45) is 5.12. The van der Waals surface area contributed by atoms with Gasteiger partial charge in [-0.15, -0.1) is 0 Å². The van der Waals surface area contributed by atoms with Gasteiger partial charge in [-0.05, 0) is 55.3 Å². The molecule has 1 fully saturated rings. The van der Waals surface area contributed by atoms with Crippen LogP contribution >= 0.6 is 0 Å². The number of carbonyl (C=O) groups excluding carboxylic acids is 1. The van der Waals surface area contributed by atoms with Crippen LogP contribution in [0.25, 0.3) is 16.7 Å². The van der Waals surface area contributed by atoms with Gasteiger partial charge >= 0.3 is 5.69 Å². The van der Waals surface area contributed by atoms with Gasteiger partial charge in [0.2, 0.25) is 0 Å². The molecule has 0 bridgehead atoms. The van der Waals surface area contributed by atoms with Crippen LogP contribution in [0.2, 0.25) is 0 Å². The maximum atomic E-state index is 12.9. The predicted octanol–water partition coefficient (Wildman–Crippen LogP) is 2.99. The first-order chi connectivity index (χ1) is 14.2. The Morgan fingerprint density at radius 3 is 2.48 bits per heavy atom. The fraction of sp³-hybridized carbons (Fsp3) is 0.227. The van der Waals surface area contributed by atoms with Gasteiger partial charge in [-0.3, -0.25) is 9.36 Å². The molecule has 0 atom stereocenters. The SMILES string of the molecule is O=C(c1ccc(-n2cccn2)cc1)N1CCC(n2c(=O)[nH]c3ccccc32)CC1. The van der Waals surface area contributed by atoms with Crippen molar-refractivity contribution in [2.75, 3.05) is 13.1 Å². The number of fused-ring (bicyclic) bond motifs is 1. The van der Waals surface area contributed by atoms with Crippen LogP contribution < -0.4 is 5.69 Å². The number of nitrogens with one attached hydrogen (secondary N) is 1. The number of hydrogen-bond acceptors (Lipinski definition) is 3. The van der Waals surface area contributed by atoms with Gasteiger partial charge in [0.05, 0.1) is 16.7 Å². The van der Waals surface area contributed by atoms with Gasteiger partial charge in [0.25, 0.3) is 5.91 Å². The second-order valence-corrected chi connectivity index (χ2v) is 7.34. The Bertz CT molecular complexity index is 1200. The van der Waals surface area contributed by atoms with Crippen LogP contribution in [0.5, 0.6) is 0 Å². The van der Waals surface area contributed by atoms with Crippen LogP contribution in [0.4, 0.5) is 0 Å². The number of carbonyl (C=O) groups is 1. The molecule has 1 N–H and O–H groups in total. The zero-order valence-electron chi connectivity index (χ0n) is 15.9. The molecule has 146 valence electrons. The Kier molecular flexibility index (Phi) is 4.27. The number of aromatic nitrogens is 4. The minimum Gasteiger partial charge on any atom is -0.338 e. The first-order valence-electron chi connectivity index (χ1n) is 9.79. The van der Waals surface area contributed by atoms with E-state index in [0.29, 0.717) is 18.7 Å². The van der Waals surface area contributed by atoms with Crippen LogP contribution in [0.15, 0.2) is 71.8 Å². The number of H-pyrrole nitrogens is 1. The van der Waals surface area contributed by atoms with Gasteiger partial charge < -0.3 is 9.88 Å². The van der Waals surface area contributed by atoms with Crippen LogP contribution in [0.3, 0.4) is 0 Å². The number of benzene rings is 2. The fourth-order valence-corrected chi connectivity index (χ4v) is 4.12. The van der Waals surface area contributed by atoms with Gasteiger partial charge in [-0.1, -0.05) is 12.1 Å². The zero-order valence-corrected chi connectivity index (χ0v) is 15.9. The van der Waals surface area contributed by atoms with Gasteiger partial charge in [0, 0.05) is 37.1 Å². The fourth-order valence-electron chi connectivity index (χ4n) is 4.12. The normalized spacial score (nSPS) is 15.1. The molecule has 7 heteroatoms. The Balaban J connectivity index is 1.29. The number of rotatable bonds is 3. The van der Waals surface area contributed by atoms with Crippen molar-refractivity contribution >= 4 is 16.9 Å². The summed E-state index contributed by atoms with van der Waals surface area (Å²) in [6.45, 7) is 1.27. The zero-order chi connectivity index (χ0) is 19.8. The number of hydrogen-bond donors (Lipinski definition) is 1. The summed E-state index contributed by atoms with van der Waals surface area (Å²) in [4.78, 5) is 30.1. The Morgan fingerprint density at radius 2 is 1.76 bits per heavy atom. The highest BCUT2D eigenvalue weighted by Crippen LogP contribution is 2.25. The summed E-state index contributed by atoms with van der Waals surface area (Å²) in [5, 5.41) is 4.20. The molecule has 0 spiro atoms. The second-order valence-electron chi connectivity index (χ2n) is 7.34. The highest BCUT2D eigenvalue weighted by atomic mass is 16.2. The third-order valence-electron chi connectivity index (χ3n) is 5.62. The number of amides is 1. The van der Waals surface area contributed by atoms with E-state index in [0.717, 1.165) is 29.6 Å². The smallest absolute Gasteiger partial charge is 0.326 e. The molecule has 0 radical (unpaired) electrons. The monoisotopic (exact) mass is 387 g/mol. The molecule has 29 heavy (non-hydrogen) atoms. The molecule has 0 saturated carbocycles. The number of nitrogens with zero attached hydrogens (tertiary/aromatic N) is 4. The van der Waals surface area contributed by atoms with E-state index in [2.05, 4.69) is 10.1 Å². The number of imidazole rings is 1. The Hall–Kier alpha value is -3.61. The van der Waals surface area contributed by atoms with Crippen LogP contribution in [0, 0.1) is 0 Å². The van der Waals surface area contributed by atoms with Crippen molar-refractivity contribution in [1.82, 2.24) is 24.2 Å². The van der Waals surface area contributed by atoms with Crippen molar-refractivity contribution in [1.29, 1.82) is 0 Å². The van der Waals surface area contributed by atoms with Crippen molar-refractivity contribution in [2.45, 2.75) is 18.9 Å². The lowest BCUT2D eigenvalue weighted by Crippen LogP contribution is -2.40. The lowest BCUT2D eigenvalue weighted by Gasteiger charge is -2.32. The van der Waals surface area contributed by atoms with Crippen LogP contribution in [0.1, 0.15) is 29.2 Å². The van der Waals surface area contributed by atoms with E-state index in [1.165, 1.54) is 0 Å². The molecule has 2 aromatic carbocycles. The number of para-hydroxylation sites is 2. The van der Waals surface area contributed by atoms with E-state index >= 15 is 0 Å². The molecule has 4 aromatic rings. The number of piperidine rings is 1. The molecule has 1 amide bonds. The summed E-state index contributed by atoms with van der Waals surface area (Å²) < 4.78 is 3.61. The van der Waals surface area contributed by atoms with Gasteiger partial charge in [0.15, 0.2) is 0 Å². The summed E-state index contributed by atoms with van der Waals surface area (Å²) in [6, 6.07) is 17.2. The van der Waals surface area contributed by atoms with Crippen LogP contribution in [-0.2, 0) is 0 Å². The molecule has 5 rings (SSSR count). The van der Waals surface area contributed by atoms with Crippen molar-refractivity contribution in [3.8, 4) is 5.69 Å². The average molecular weight is 387 g/mol. The summed E-state index contributed by atoms with van der Waals surface area (Å²) in [5.74, 6) is 0.0294. The minimum atomic E-state index is -0.0785. The van der Waals surface area contributed by atoms with Gasteiger partial charge in [-0.25, -0.2) is 9.48 Å². The molecule has 7 nitrogen and oxygen atoms in total. The topological polar surface area (TPSA) is 75.9 Å². The molecule has 3 heterocycles. The lowest BCUT2D eigenvalue weighted by atomic mass is 10.0. The predicted molar refractivity (Wildman–Crippen MR) is 110 cm³/mol. The molecule has 1 aliphatic heterocycles. The summed E-state index contributed by atoms with van der Waals surface area (Å²) >= 11 is 0. The molecule has 0 aliphatic carbocycles. The van der Waals surface area contributed by atoms with E-state index in [4.69, 9.17) is 0 Å².